The summed E-state index contributed by atoms with van der Waals surface area (Å²) in [5.74, 6) is 0. The summed E-state index contributed by atoms with van der Waals surface area (Å²) in [6.07, 6.45) is 4.54. The molecule has 0 aromatic carbocycles. The third kappa shape index (κ3) is 4.14. The summed E-state index contributed by atoms with van der Waals surface area (Å²) < 4.78 is 10.3. The number of methoxy groups -OCH3 is 1. The lowest BCUT2D eigenvalue weighted by atomic mass is 10.3. The van der Waals surface area contributed by atoms with E-state index in [4.69, 9.17) is 14.6 Å². The Hall–Kier alpha value is -0.380. The Morgan fingerprint density at radius 3 is 2.45 bits per heavy atom. The van der Waals surface area contributed by atoms with Crippen LogP contribution >= 0.6 is 0 Å². The van der Waals surface area contributed by atoms with Gasteiger partial charge in [-0.15, -0.1) is 0 Å². The Morgan fingerprint density at radius 1 is 1.45 bits per heavy atom. The summed E-state index contributed by atoms with van der Waals surface area (Å²) >= 11 is 0. The maximum atomic E-state index is 7.00. The molecule has 1 aliphatic heterocycles. The van der Waals surface area contributed by atoms with Gasteiger partial charge >= 0.3 is 0 Å². The highest BCUT2D eigenvalue weighted by molar-refractivity contribution is 5.00. The van der Waals surface area contributed by atoms with Crippen LogP contribution in [0.4, 0.5) is 0 Å². The minimum atomic E-state index is 0.185. The van der Waals surface area contributed by atoms with Crippen molar-refractivity contribution in [3.63, 3.8) is 0 Å². The average Bonchev–Trinajstić information content (AvgIpc) is 2.41. The van der Waals surface area contributed by atoms with E-state index in [0.717, 1.165) is 7.11 Å². The first-order chi connectivity index (χ1) is 5.33. The van der Waals surface area contributed by atoms with Crippen LogP contribution < -0.4 is 0 Å². The molecule has 0 saturated heterocycles. The highest BCUT2D eigenvalue weighted by atomic mass is 16.5. The second kappa shape index (κ2) is 6.34. The molecule has 2 atom stereocenters. The van der Waals surface area contributed by atoms with E-state index in [2.05, 4.69) is 0 Å². The fraction of sp³-hybridized carbons (Fsp3) is 0.750. The number of hydrogen-bond donors (Lipinski definition) is 1. The molecule has 0 bridgehead atoms. The molecule has 1 heterocycles. The third-order valence-electron chi connectivity index (χ3n) is 1.32. The second-order valence-corrected chi connectivity index (χ2v) is 2.22. The van der Waals surface area contributed by atoms with E-state index in [9.17, 15) is 0 Å². The SMILES string of the molecule is CO.COC[C@@H]1C=C[C@H](C)O1. The molecule has 1 N–H and O–H groups in total. The molecule has 0 radical (unpaired) electrons. The van der Waals surface area contributed by atoms with Crippen molar-refractivity contribution in [2.45, 2.75) is 19.1 Å². The van der Waals surface area contributed by atoms with Crippen molar-refractivity contribution in [2.75, 3.05) is 20.8 Å². The van der Waals surface area contributed by atoms with Crippen LogP contribution in [0.3, 0.4) is 0 Å². The fourth-order valence-corrected chi connectivity index (χ4v) is 0.906. The summed E-state index contributed by atoms with van der Waals surface area (Å²) in [6, 6.07) is 0. The largest absolute Gasteiger partial charge is 0.400 e. The van der Waals surface area contributed by atoms with Gasteiger partial charge in [0.1, 0.15) is 0 Å². The molecule has 0 spiro atoms. The van der Waals surface area contributed by atoms with E-state index in [-0.39, 0.29) is 12.2 Å². The molecule has 11 heavy (non-hydrogen) atoms. The highest BCUT2D eigenvalue weighted by Crippen LogP contribution is 2.09. The molecule has 3 heteroatoms. The molecule has 1 rings (SSSR count). The van der Waals surface area contributed by atoms with Crippen molar-refractivity contribution in [3.05, 3.63) is 12.2 Å². The number of hydrogen-bond acceptors (Lipinski definition) is 3. The van der Waals surface area contributed by atoms with Crippen molar-refractivity contribution in [3.8, 4) is 0 Å². The first-order valence-corrected chi connectivity index (χ1v) is 3.60. The van der Waals surface area contributed by atoms with Gasteiger partial charge in [-0.05, 0) is 6.92 Å². The van der Waals surface area contributed by atoms with Gasteiger partial charge in [0.15, 0.2) is 0 Å². The second-order valence-electron chi connectivity index (χ2n) is 2.22. The van der Waals surface area contributed by atoms with Crippen LogP contribution in [0.1, 0.15) is 6.92 Å². The maximum absolute atomic E-state index is 7.00. The molecule has 0 amide bonds. The standard InChI is InChI=1S/C7H12O2.CH4O/c1-6-3-4-7(9-6)5-8-2;1-2/h3-4,6-7H,5H2,1-2H3;2H,1H3/t6-,7-;/m0./s1. The number of rotatable bonds is 2. The van der Waals surface area contributed by atoms with Gasteiger partial charge in [0.25, 0.3) is 0 Å². The van der Waals surface area contributed by atoms with Gasteiger partial charge in [-0.2, -0.15) is 0 Å². The van der Waals surface area contributed by atoms with Crippen LogP contribution in [-0.4, -0.2) is 38.1 Å². The summed E-state index contributed by atoms with van der Waals surface area (Å²) in [7, 11) is 2.68. The third-order valence-corrected chi connectivity index (χ3v) is 1.32. The van der Waals surface area contributed by atoms with Crippen molar-refractivity contribution in [1.29, 1.82) is 0 Å². The van der Waals surface area contributed by atoms with E-state index in [1.165, 1.54) is 0 Å². The Kier molecular flexibility index (Phi) is 6.12. The van der Waals surface area contributed by atoms with Gasteiger partial charge in [-0.3, -0.25) is 0 Å². The number of ether oxygens (including phenoxy) is 2. The Labute approximate surface area is 67.6 Å². The predicted octanol–water partition coefficient (Wildman–Crippen LogP) is 0.585. The minimum absolute atomic E-state index is 0.185. The molecular formula is C8H16O3. The van der Waals surface area contributed by atoms with Crippen molar-refractivity contribution in [2.24, 2.45) is 0 Å². The van der Waals surface area contributed by atoms with E-state index in [1.54, 1.807) is 7.11 Å². The zero-order valence-corrected chi connectivity index (χ0v) is 7.28. The zero-order chi connectivity index (χ0) is 8.69. The molecule has 1 aliphatic rings. The molecule has 0 aromatic heterocycles. The Balaban J connectivity index is 0.000000461. The van der Waals surface area contributed by atoms with Gasteiger partial charge in [-0.1, -0.05) is 12.2 Å². The lowest BCUT2D eigenvalue weighted by Gasteiger charge is -2.08. The molecule has 3 nitrogen and oxygen atoms in total. The number of aliphatic hydroxyl groups excluding tert-OH is 1. The molecular weight excluding hydrogens is 144 g/mol. The first-order valence-electron chi connectivity index (χ1n) is 3.60. The average molecular weight is 160 g/mol. The van der Waals surface area contributed by atoms with Crippen LogP contribution in [0.25, 0.3) is 0 Å². The van der Waals surface area contributed by atoms with E-state index in [0.29, 0.717) is 6.61 Å². The molecule has 0 unspecified atom stereocenters. The van der Waals surface area contributed by atoms with Crippen LogP contribution in [-0.2, 0) is 9.47 Å². The van der Waals surface area contributed by atoms with E-state index < -0.39 is 0 Å². The summed E-state index contributed by atoms with van der Waals surface area (Å²) in [5, 5.41) is 7.00. The van der Waals surface area contributed by atoms with Crippen LogP contribution in [0, 0.1) is 0 Å². The van der Waals surface area contributed by atoms with E-state index >= 15 is 0 Å². The minimum Gasteiger partial charge on any atom is -0.400 e. The molecule has 0 aromatic rings. The van der Waals surface area contributed by atoms with E-state index in [1.807, 2.05) is 19.1 Å². The van der Waals surface area contributed by atoms with Crippen molar-refractivity contribution >= 4 is 0 Å². The lowest BCUT2D eigenvalue weighted by Crippen LogP contribution is -2.14. The molecule has 0 fully saturated rings. The summed E-state index contributed by atoms with van der Waals surface area (Å²) in [4.78, 5) is 0. The smallest absolute Gasteiger partial charge is 0.0997 e. The Bertz CT molecular complexity index is 112. The van der Waals surface area contributed by atoms with Crippen LogP contribution in [0.2, 0.25) is 0 Å². The maximum Gasteiger partial charge on any atom is 0.0997 e. The first kappa shape index (κ1) is 10.6. The van der Waals surface area contributed by atoms with Gasteiger partial charge < -0.3 is 14.6 Å². The van der Waals surface area contributed by atoms with Crippen LogP contribution in [0.5, 0.6) is 0 Å². The fourth-order valence-electron chi connectivity index (χ4n) is 0.906. The lowest BCUT2D eigenvalue weighted by molar-refractivity contribution is 0.0186. The predicted molar refractivity (Wildman–Crippen MR) is 43.5 cm³/mol. The molecule has 66 valence electrons. The highest BCUT2D eigenvalue weighted by Gasteiger charge is 2.13. The van der Waals surface area contributed by atoms with Gasteiger partial charge in [0, 0.05) is 14.2 Å². The quantitative estimate of drug-likeness (QED) is 0.601. The normalized spacial score (nSPS) is 28.0. The van der Waals surface area contributed by atoms with Crippen LogP contribution in [0.15, 0.2) is 12.2 Å². The van der Waals surface area contributed by atoms with Crippen molar-refractivity contribution < 1.29 is 14.6 Å². The van der Waals surface area contributed by atoms with Crippen molar-refractivity contribution in [1.82, 2.24) is 0 Å². The van der Waals surface area contributed by atoms with Gasteiger partial charge in [0.05, 0.1) is 18.8 Å². The summed E-state index contributed by atoms with van der Waals surface area (Å²) in [6.45, 7) is 2.69. The molecule has 0 saturated carbocycles. The zero-order valence-electron chi connectivity index (χ0n) is 7.28. The van der Waals surface area contributed by atoms with Gasteiger partial charge in [-0.25, -0.2) is 0 Å². The van der Waals surface area contributed by atoms with Gasteiger partial charge in [0.2, 0.25) is 0 Å². The summed E-state index contributed by atoms with van der Waals surface area (Å²) in [5.41, 5.74) is 0. The topological polar surface area (TPSA) is 38.7 Å². The Morgan fingerprint density at radius 2 is 2.09 bits per heavy atom. The monoisotopic (exact) mass is 160 g/mol. The molecule has 0 aliphatic carbocycles. The number of aliphatic hydroxyl groups is 1.